The van der Waals surface area contributed by atoms with Gasteiger partial charge in [0.2, 0.25) is 4.96 Å². The van der Waals surface area contributed by atoms with Crippen molar-refractivity contribution in [2.45, 2.75) is 13.5 Å². The fourth-order valence-corrected chi connectivity index (χ4v) is 2.98. The number of aromatic nitrogens is 5. The minimum Gasteiger partial charge on any atom is -0.486 e. The fourth-order valence-electron chi connectivity index (χ4n) is 2.14. The maximum Gasteiger partial charge on any atom is 0.235 e. The van der Waals surface area contributed by atoms with Crippen LogP contribution in [0.5, 0.6) is 5.75 Å². The Morgan fingerprint density at radius 1 is 1.13 bits per heavy atom. The molecule has 0 unspecified atom stereocenters. The molecule has 3 heterocycles. The first-order valence-electron chi connectivity index (χ1n) is 7.10. The van der Waals surface area contributed by atoms with Crippen molar-refractivity contribution in [2.24, 2.45) is 0 Å². The Balaban J connectivity index is 1.58. The zero-order chi connectivity index (χ0) is 15.6. The van der Waals surface area contributed by atoms with E-state index in [9.17, 15) is 0 Å². The Kier molecular flexibility index (Phi) is 3.47. The molecule has 3 aromatic heterocycles. The first-order chi connectivity index (χ1) is 11.3. The van der Waals surface area contributed by atoms with Crippen LogP contribution in [0.2, 0.25) is 0 Å². The van der Waals surface area contributed by atoms with Gasteiger partial charge in [0.25, 0.3) is 0 Å². The highest BCUT2D eigenvalue weighted by Crippen LogP contribution is 2.24. The Morgan fingerprint density at radius 3 is 2.78 bits per heavy atom. The Labute approximate surface area is 136 Å². The summed E-state index contributed by atoms with van der Waals surface area (Å²) in [7, 11) is 0. The Hall–Kier alpha value is -2.80. The van der Waals surface area contributed by atoms with Crippen molar-refractivity contribution in [3.63, 3.8) is 0 Å². The van der Waals surface area contributed by atoms with Gasteiger partial charge in [0.1, 0.15) is 17.4 Å². The molecule has 0 fully saturated rings. The highest BCUT2D eigenvalue weighted by atomic mass is 32.1. The lowest BCUT2D eigenvalue weighted by molar-refractivity contribution is 0.293. The molecule has 114 valence electrons. The van der Waals surface area contributed by atoms with E-state index in [2.05, 4.69) is 20.3 Å². The fraction of sp³-hybridized carbons (Fsp3) is 0.125. The lowest BCUT2D eigenvalue weighted by Gasteiger charge is -2.04. The van der Waals surface area contributed by atoms with E-state index in [0.717, 1.165) is 21.3 Å². The molecule has 7 heteroatoms. The van der Waals surface area contributed by atoms with Gasteiger partial charge in [-0.2, -0.15) is 9.61 Å². The van der Waals surface area contributed by atoms with Crippen molar-refractivity contribution in [3.8, 4) is 16.3 Å². The second kappa shape index (κ2) is 5.77. The van der Waals surface area contributed by atoms with E-state index in [1.54, 1.807) is 16.9 Å². The summed E-state index contributed by atoms with van der Waals surface area (Å²) in [4.78, 5) is 4.86. The van der Waals surface area contributed by atoms with Crippen LogP contribution in [0.4, 0.5) is 0 Å². The van der Waals surface area contributed by atoms with Crippen molar-refractivity contribution in [1.82, 2.24) is 24.8 Å². The molecule has 0 saturated heterocycles. The van der Waals surface area contributed by atoms with E-state index >= 15 is 0 Å². The van der Waals surface area contributed by atoms with Crippen LogP contribution in [0.1, 0.15) is 11.4 Å². The molecule has 0 amide bonds. The first-order valence-corrected chi connectivity index (χ1v) is 7.92. The van der Waals surface area contributed by atoms with E-state index in [1.165, 1.54) is 16.9 Å². The molecule has 6 nitrogen and oxygen atoms in total. The summed E-state index contributed by atoms with van der Waals surface area (Å²) in [5.74, 6) is 1.47. The Bertz CT molecular complexity index is 930. The zero-order valence-electron chi connectivity index (χ0n) is 12.4. The average molecular weight is 323 g/mol. The van der Waals surface area contributed by atoms with Crippen LogP contribution in [0.3, 0.4) is 0 Å². The normalized spacial score (nSPS) is 11.0. The van der Waals surface area contributed by atoms with Gasteiger partial charge in [-0.15, -0.1) is 10.2 Å². The lowest BCUT2D eigenvalue weighted by Crippen LogP contribution is -2.02. The van der Waals surface area contributed by atoms with E-state index in [0.29, 0.717) is 12.4 Å². The molecule has 0 aliphatic rings. The summed E-state index contributed by atoms with van der Waals surface area (Å²) < 4.78 is 7.48. The second-order valence-corrected chi connectivity index (χ2v) is 6.02. The van der Waals surface area contributed by atoms with E-state index in [1.807, 2.05) is 43.3 Å². The van der Waals surface area contributed by atoms with Crippen molar-refractivity contribution >= 4 is 16.3 Å². The van der Waals surface area contributed by atoms with Gasteiger partial charge in [0.15, 0.2) is 5.82 Å². The van der Waals surface area contributed by atoms with Gasteiger partial charge in [-0.3, -0.25) is 4.98 Å². The number of nitrogens with zero attached hydrogens (tertiary/aromatic N) is 5. The summed E-state index contributed by atoms with van der Waals surface area (Å²) in [6.07, 6.45) is 3.53. The van der Waals surface area contributed by atoms with Gasteiger partial charge in [-0.05, 0) is 31.2 Å². The van der Waals surface area contributed by atoms with Gasteiger partial charge in [0, 0.05) is 18.0 Å². The molecular formula is C16H13N5OS. The second-order valence-electron chi connectivity index (χ2n) is 5.06. The van der Waals surface area contributed by atoms with Crippen molar-refractivity contribution < 1.29 is 4.74 Å². The monoisotopic (exact) mass is 323 g/mol. The number of hydrogen-bond donors (Lipinski definition) is 0. The quantitative estimate of drug-likeness (QED) is 0.577. The minimum absolute atomic E-state index is 0.320. The van der Waals surface area contributed by atoms with Gasteiger partial charge in [0.05, 0.1) is 0 Å². The molecule has 0 spiro atoms. The van der Waals surface area contributed by atoms with Crippen LogP contribution >= 0.6 is 11.3 Å². The number of rotatable bonds is 4. The van der Waals surface area contributed by atoms with Crippen molar-refractivity contribution in [1.29, 1.82) is 0 Å². The van der Waals surface area contributed by atoms with Crippen LogP contribution in [0.15, 0.2) is 48.8 Å². The van der Waals surface area contributed by atoms with Crippen LogP contribution in [0, 0.1) is 6.92 Å². The zero-order valence-corrected chi connectivity index (χ0v) is 13.2. The maximum atomic E-state index is 5.76. The largest absolute Gasteiger partial charge is 0.486 e. The number of fused-ring (bicyclic) bond motifs is 1. The predicted molar refractivity (Wildman–Crippen MR) is 87.4 cm³/mol. The number of pyridine rings is 1. The molecule has 4 aromatic rings. The predicted octanol–water partition coefficient (Wildman–Crippen LogP) is 3.14. The third-order valence-electron chi connectivity index (χ3n) is 3.35. The maximum absolute atomic E-state index is 5.76. The van der Waals surface area contributed by atoms with Crippen LogP contribution in [-0.4, -0.2) is 24.8 Å². The summed E-state index contributed by atoms with van der Waals surface area (Å²) >= 11 is 1.48. The lowest BCUT2D eigenvalue weighted by atomic mass is 10.2. The highest BCUT2D eigenvalue weighted by molar-refractivity contribution is 7.19. The van der Waals surface area contributed by atoms with E-state index < -0.39 is 0 Å². The average Bonchev–Trinajstić information content (AvgIpc) is 3.16. The van der Waals surface area contributed by atoms with Crippen LogP contribution in [0.25, 0.3) is 15.5 Å². The summed E-state index contributed by atoms with van der Waals surface area (Å²) in [6, 6.07) is 11.8. The van der Waals surface area contributed by atoms with E-state index in [4.69, 9.17) is 4.74 Å². The van der Waals surface area contributed by atoms with Crippen LogP contribution < -0.4 is 4.74 Å². The van der Waals surface area contributed by atoms with Crippen LogP contribution in [-0.2, 0) is 6.61 Å². The first kappa shape index (κ1) is 13.8. The number of ether oxygens (including phenoxy) is 1. The molecular weight excluding hydrogens is 310 g/mol. The molecule has 0 aliphatic heterocycles. The minimum atomic E-state index is 0.320. The van der Waals surface area contributed by atoms with Crippen molar-refractivity contribution in [3.05, 3.63) is 60.2 Å². The number of hydrogen-bond acceptors (Lipinski definition) is 6. The Morgan fingerprint density at radius 2 is 2.00 bits per heavy atom. The molecule has 0 bridgehead atoms. The highest BCUT2D eigenvalue weighted by Gasteiger charge is 2.13. The standard InChI is InChI=1S/C16H13N5OS/c1-11-4-6-13(7-5-11)22-10-14-18-19-16-21(14)20-15(23-16)12-3-2-8-17-9-12/h2-9H,10H2,1H3. The van der Waals surface area contributed by atoms with Gasteiger partial charge in [-0.1, -0.05) is 29.0 Å². The molecule has 0 saturated carbocycles. The molecule has 4 rings (SSSR count). The number of benzene rings is 1. The third-order valence-corrected chi connectivity index (χ3v) is 4.30. The third kappa shape index (κ3) is 2.78. The van der Waals surface area contributed by atoms with Crippen molar-refractivity contribution in [2.75, 3.05) is 0 Å². The van der Waals surface area contributed by atoms with E-state index in [-0.39, 0.29) is 0 Å². The molecule has 0 aliphatic carbocycles. The smallest absolute Gasteiger partial charge is 0.235 e. The SMILES string of the molecule is Cc1ccc(OCc2nnc3sc(-c4cccnc4)nn23)cc1. The molecule has 0 atom stereocenters. The molecule has 0 N–H and O–H groups in total. The van der Waals surface area contributed by atoms with Gasteiger partial charge < -0.3 is 4.74 Å². The summed E-state index contributed by atoms with van der Waals surface area (Å²) in [6.45, 7) is 2.36. The van der Waals surface area contributed by atoms with Gasteiger partial charge in [-0.25, -0.2) is 0 Å². The topological polar surface area (TPSA) is 65.2 Å². The molecule has 23 heavy (non-hydrogen) atoms. The summed E-state index contributed by atoms with van der Waals surface area (Å²) in [5.41, 5.74) is 2.16. The molecule has 0 radical (unpaired) electrons. The number of aryl methyl sites for hydroxylation is 1. The molecule has 1 aromatic carbocycles. The van der Waals surface area contributed by atoms with Gasteiger partial charge >= 0.3 is 0 Å². The summed E-state index contributed by atoms with van der Waals surface area (Å²) in [5, 5.41) is 13.7.